The summed E-state index contributed by atoms with van der Waals surface area (Å²) in [6.07, 6.45) is 0. The predicted molar refractivity (Wildman–Crippen MR) is 212 cm³/mol. The summed E-state index contributed by atoms with van der Waals surface area (Å²) in [4.78, 5) is 19.2. The minimum atomic E-state index is -0.677. The van der Waals surface area contributed by atoms with Crippen LogP contribution >= 0.6 is 39.3 Å². The van der Waals surface area contributed by atoms with Crippen molar-refractivity contribution in [3.63, 3.8) is 0 Å². The van der Waals surface area contributed by atoms with Crippen LogP contribution in [0.2, 0.25) is 5.02 Å². The summed E-state index contributed by atoms with van der Waals surface area (Å²) >= 11 is 11.7. The number of anilines is 2. The number of thioether (sulfide) groups is 1. The number of aryl methyl sites for hydroxylation is 3. The Hall–Kier alpha value is -4.45. The highest BCUT2D eigenvalue weighted by atomic mass is 79.9. The molecule has 1 amide bonds. The van der Waals surface area contributed by atoms with E-state index in [2.05, 4.69) is 59.5 Å². The van der Waals surface area contributed by atoms with E-state index < -0.39 is 6.04 Å². The predicted octanol–water partition coefficient (Wildman–Crippen LogP) is 10.2. The number of nitrogens with one attached hydrogen (secondary N) is 2. The molecule has 270 valence electrons. The molecule has 4 aromatic carbocycles. The Morgan fingerprint density at radius 3 is 2.38 bits per heavy atom. The second-order valence-corrected chi connectivity index (χ2v) is 14.6. The zero-order chi connectivity index (χ0) is 36.9. The Bertz CT molecular complexity index is 2150. The molecule has 2 N–H and O–H groups in total. The van der Waals surface area contributed by atoms with Crippen molar-refractivity contribution in [2.24, 2.45) is 0 Å². The number of allylic oxidation sites excluding steroid dienone is 1. The molecule has 0 fully saturated rings. The summed E-state index contributed by atoms with van der Waals surface area (Å²) in [6, 6.07) is 22.6. The van der Waals surface area contributed by atoms with Gasteiger partial charge in [-0.05, 0) is 121 Å². The minimum Gasteiger partial charge on any atom is -0.492 e. The van der Waals surface area contributed by atoms with Crippen LogP contribution in [0.1, 0.15) is 60.2 Å². The number of para-hydroxylation sites is 2. The van der Waals surface area contributed by atoms with Crippen LogP contribution in [0.3, 0.4) is 0 Å². The average Bonchev–Trinajstić information content (AvgIpc) is 3.52. The molecule has 6 rings (SSSR count). The number of carbonyl (C=O) groups is 1. The highest BCUT2D eigenvalue weighted by Crippen LogP contribution is 2.44. The number of rotatable bonds is 13. The van der Waals surface area contributed by atoms with Gasteiger partial charge in [0, 0.05) is 16.5 Å². The first kappa shape index (κ1) is 37.3. The van der Waals surface area contributed by atoms with Crippen LogP contribution in [0, 0.1) is 20.8 Å². The van der Waals surface area contributed by atoms with Crippen LogP contribution in [-0.4, -0.2) is 33.9 Å². The van der Waals surface area contributed by atoms with Crippen molar-refractivity contribution >= 4 is 56.8 Å². The molecule has 5 aromatic rings. The number of ether oxygens (including phenoxy) is 3. The van der Waals surface area contributed by atoms with Crippen LogP contribution in [0.15, 0.2) is 93.7 Å². The van der Waals surface area contributed by atoms with Gasteiger partial charge in [-0.2, -0.15) is 4.98 Å². The van der Waals surface area contributed by atoms with Crippen molar-refractivity contribution in [1.82, 2.24) is 14.8 Å². The molecule has 1 unspecified atom stereocenters. The Morgan fingerprint density at radius 2 is 1.62 bits per heavy atom. The summed E-state index contributed by atoms with van der Waals surface area (Å²) < 4.78 is 20.9. The van der Waals surface area contributed by atoms with E-state index in [4.69, 9.17) is 35.9 Å². The number of amides is 1. The van der Waals surface area contributed by atoms with Gasteiger partial charge in [-0.25, -0.2) is 4.68 Å². The first-order valence-electron chi connectivity index (χ1n) is 17.1. The zero-order valence-corrected chi connectivity index (χ0v) is 33.1. The van der Waals surface area contributed by atoms with Gasteiger partial charge in [-0.15, -0.1) is 5.10 Å². The number of nitrogens with zero attached hydrogens (tertiary/aromatic N) is 3. The largest absolute Gasteiger partial charge is 0.492 e. The summed E-state index contributed by atoms with van der Waals surface area (Å²) in [5.41, 5.74) is 8.10. The van der Waals surface area contributed by atoms with E-state index >= 15 is 0 Å². The van der Waals surface area contributed by atoms with Gasteiger partial charge in [-0.1, -0.05) is 65.8 Å². The topological polar surface area (TPSA) is 99.5 Å². The van der Waals surface area contributed by atoms with E-state index in [9.17, 15) is 4.79 Å². The average molecular weight is 803 g/mol. The number of halogens is 2. The highest BCUT2D eigenvalue weighted by Gasteiger charge is 2.36. The van der Waals surface area contributed by atoms with E-state index in [1.165, 1.54) is 22.9 Å². The maximum absolute atomic E-state index is 14.4. The number of hydrogen-bond acceptors (Lipinski definition) is 8. The summed E-state index contributed by atoms with van der Waals surface area (Å²) in [7, 11) is 0. The lowest BCUT2D eigenvalue weighted by Crippen LogP contribution is -2.31. The SMILES string of the molecule is CCOc1ccccc1NC(=O)C1=C(C)Nc2nc(SCc3ccccc3Cl)nn2C1c1cc(Br)c(OCc2cc(C)c(C)cc2C)c(OCC)c1. The van der Waals surface area contributed by atoms with Crippen LogP contribution in [0.4, 0.5) is 11.6 Å². The Labute approximate surface area is 322 Å². The lowest BCUT2D eigenvalue weighted by atomic mass is 9.94. The van der Waals surface area contributed by atoms with Crippen molar-refractivity contribution in [1.29, 1.82) is 0 Å². The molecule has 52 heavy (non-hydrogen) atoms. The number of fused-ring (bicyclic) bond motifs is 1. The molecular formula is C40H41BrClN5O4S. The zero-order valence-electron chi connectivity index (χ0n) is 30.0. The second-order valence-electron chi connectivity index (χ2n) is 12.4. The Balaban J connectivity index is 1.40. The van der Waals surface area contributed by atoms with Crippen molar-refractivity contribution in [2.45, 2.75) is 65.1 Å². The third-order valence-corrected chi connectivity index (χ3v) is 10.6. The van der Waals surface area contributed by atoms with Gasteiger partial charge in [-0.3, -0.25) is 4.79 Å². The van der Waals surface area contributed by atoms with Gasteiger partial charge in [0.25, 0.3) is 5.91 Å². The lowest BCUT2D eigenvalue weighted by molar-refractivity contribution is -0.113. The number of carbonyl (C=O) groups excluding carboxylic acids is 1. The van der Waals surface area contributed by atoms with Gasteiger partial charge in [0.1, 0.15) is 18.4 Å². The van der Waals surface area contributed by atoms with Gasteiger partial charge in [0.2, 0.25) is 11.1 Å². The monoisotopic (exact) mass is 801 g/mol. The van der Waals surface area contributed by atoms with Crippen LogP contribution in [0.25, 0.3) is 0 Å². The van der Waals surface area contributed by atoms with E-state index in [0.717, 1.165) is 22.3 Å². The molecule has 2 heterocycles. The molecule has 0 aliphatic carbocycles. The highest BCUT2D eigenvalue weighted by molar-refractivity contribution is 9.10. The standard InChI is InChI=1S/C40H41BrClN5O4S/c1-7-49-33-16-12-11-15-32(33)44-38(48)35-26(6)43-39-45-40(52-22-27-13-9-10-14-31(27)42)46-47(39)36(35)28-19-30(41)37(34(20-28)50-8-2)51-21-29-18-24(4)23(3)17-25(29)5/h9-20,36H,7-8,21-22H2,1-6H3,(H,44,48)(H,43,45,46). The summed E-state index contributed by atoms with van der Waals surface area (Å²) in [5, 5.41) is 12.6. The van der Waals surface area contributed by atoms with E-state index in [1.807, 2.05) is 81.4 Å². The second kappa shape index (κ2) is 16.5. The summed E-state index contributed by atoms with van der Waals surface area (Å²) in [6.45, 7) is 13.2. The van der Waals surface area contributed by atoms with Crippen LogP contribution in [-0.2, 0) is 17.2 Å². The number of hydrogen-bond donors (Lipinski definition) is 2. The molecular weight excluding hydrogens is 762 g/mol. The van der Waals surface area contributed by atoms with Gasteiger partial charge in [0.15, 0.2) is 11.5 Å². The van der Waals surface area contributed by atoms with Crippen molar-refractivity contribution < 1.29 is 19.0 Å². The van der Waals surface area contributed by atoms with E-state index in [0.29, 0.717) is 80.4 Å². The molecule has 0 spiro atoms. The fourth-order valence-electron chi connectivity index (χ4n) is 6.07. The maximum Gasteiger partial charge on any atom is 0.255 e. The lowest BCUT2D eigenvalue weighted by Gasteiger charge is -2.29. The molecule has 0 bridgehead atoms. The van der Waals surface area contributed by atoms with Gasteiger partial charge >= 0.3 is 0 Å². The molecule has 0 saturated carbocycles. The Kier molecular flexibility index (Phi) is 11.8. The minimum absolute atomic E-state index is 0.312. The fraction of sp³-hybridized carbons (Fsp3) is 0.275. The Morgan fingerprint density at radius 1 is 0.904 bits per heavy atom. The fourth-order valence-corrected chi connectivity index (χ4v) is 7.76. The molecule has 1 aliphatic rings. The molecule has 1 aliphatic heterocycles. The molecule has 0 radical (unpaired) electrons. The van der Waals surface area contributed by atoms with Crippen LogP contribution < -0.4 is 24.8 Å². The first-order chi connectivity index (χ1) is 25.1. The van der Waals surface area contributed by atoms with Crippen molar-refractivity contribution in [3.05, 3.63) is 127 Å². The third-order valence-electron chi connectivity index (χ3n) is 8.80. The van der Waals surface area contributed by atoms with Crippen molar-refractivity contribution in [3.8, 4) is 17.2 Å². The first-order valence-corrected chi connectivity index (χ1v) is 19.2. The smallest absolute Gasteiger partial charge is 0.255 e. The number of benzene rings is 4. The summed E-state index contributed by atoms with van der Waals surface area (Å²) in [5.74, 6) is 2.47. The molecule has 12 heteroatoms. The van der Waals surface area contributed by atoms with Crippen molar-refractivity contribution in [2.75, 3.05) is 23.8 Å². The van der Waals surface area contributed by atoms with E-state index in [-0.39, 0.29) is 5.91 Å². The van der Waals surface area contributed by atoms with Gasteiger partial charge in [0.05, 0.1) is 28.9 Å². The number of aromatic nitrogens is 3. The third kappa shape index (κ3) is 8.11. The van der Waals surface area contributed by atoms with E-state index in [1.54, 1.807) is 4.68 Å². The van der Waals surface area contributed by atoms with Crippen LogP contribution in [0.5, 0.6) is 17.2 Å². The molecule has 1 atom stereocenters. The quantitative estimate of drug-likeness (QED) is 0.114. The molecule has 0 saturated heterocycles. The maximum atomic E-state index is 14.4. The molecule has 1 aromatic heterocycles. The molecule has 9 nitrogen and oxygen atoms in total. The normalized spacial score (nSPS) is 13.7. The van der Waals surface area contributed by atoms with Gasteiger partial charge < -0.3 is 24.8 Å².